The van der Waals surface area contributed by atoms with Crippen molar-refractivity contribution in [1.82, 2.24) is 4.90 Å². The molecule has 2 heterocycles. The summed E-state index contributed by atoms with van der Waals surface area (Å²) >= 11 is 0. The first-order valence-electron chi connectivity index (χ1n) is 8.66. The molecule has 1 aromatic carbocycles. The van der Waals surface area contributed by atoms with Gasteiger partial charge in [0.1, 0.15) is 5.75 Å². The van der Waals surface area contributed by atoms with Gasteiger partial charge in [0.25, 0.3) is 0 Å². The SMILES string of the molecule is CCc1ccc(NC(=O)N2CCOC[C@@H]2[C@@H]2CCCO2)cc1OC. The van der Waals surface area contributed by atoms with Gasteiger partial charge in [0.05, 0.1) is 32.5 Å². The molecule has 2 saturated heterocycles. The lowest BCUT2D eigenvalue weighted by atomic mass is 10.1. The van der Waals surface area contributed by atoms with Crippen LogP contribution in [0.5, 0.6) is 5.75 Å². The molecule has 24 heavy (non-hydrogen) atoms. The van der Waals surface area contributed by atoms with Crippen molar-refractivity contribution < 1.29 is 19.0 Å². The van der Waals surface area contributed by atoms with Crippen molar-refractivity contribution in [3.63, 3.8) is 0 Å². The van der Waals surface area contributed by atoms with Gasteiger partial charge in [-0.2, -0.15) is 0 Å². The Balaban J connectivity index is 1.70. The van der Waals surface area contributed by atoms with E-state index in [0.717, 1.165) is 42.9 Å². The number of nitrogens with one attached hydrogen (secondary N) is 1. The quantitative estimate of drug-likeness (QED) is 0.920. The molecule has 0 radical (unpaired) electrons. The van der Waals surface area contributed by atoms with Crippen molar-refractivity contribution in [2.45, 2.75) is 38.3 Å². The Morgan fingerprint density at radius 1 is 1.42 bits per heavy atom. The van der Waals surface area contributed by atoms with E-state index in [0.29, 0.717) is 19.8 Å². The van der Waals surface area contributed by atoms with E-state index in [-0.39, 0.29) is 18.2 Å². The predicted octanol–water partition coefficient (Wildman–Crippen LogP) is 2.67. The van der Waals surface area contributed by atoms with Crippen molar-refractivity contribution in [1.29, 1.82) is 0 Å². The maximum Gasteiger partial charge on any atom is 0.322 e. The number of benzene rings is 1. The number of amides is 2. The van der Waals surface area contributed by atoms with E-state index in [1.165, 1.54) is 0 Å². The lowest BCUT2D eigenvalue weighted by molar-refractivity contribution is -0.0452. The Morgan fingerprint density at radius 3 is 3.00 bits per heavy atom. The Labute approximate surface area is 143 Å². The number of aryl methyl sites for hydroxylation is 1. The van der Waals surface area contributed by atoms with Crippen LogP contribution in [0.15, 0.2) is 18.2 Å². The largest absolute Gasteiger partial charge is 0.496 e. The van der Waals surface area contributed by atoms with Gasteiger partial charge in [0.2, 0.25) is 0 Å². The van der Waals surface area contributed by atoms with Crippen molar-refractivity contribution in [2.24, 2.45) is 0 Å². The second-order valence-corrected chi connectivity index (χ2v) is 6.20. The Morgan fingerprint density at radius 2 is 2.29 bits per heavy atom. The average molecular weight is 334 g/mol. The molecular weight excluding hydrogens is 308 g/mol. The number of carbonyl (C=O) groups excluding carboxylic acids is 1. The highest BCUT2D eigenvalue weighted by atomic mass is 16.5. The number of ether oxygens (including phenoxy) is 3. The normalized spacial score (nSPS) is 24.0. The fraction of sp³-hybridized carbons (Fsp3) is 0.611. The van der Waals surface area contributed by atoms with Crippen molar-refractivity contribution in [2.75, 3.05) is 38.8 Å². The minimum Gasteiger partial charge on any atom is -0.496 e. The first-order chi connectivity index (χ1) is 11.7. The predicted molar refractivity (Wildman–Crippen MR) is 91.7 cm³/mol. The smallest absolute Gasteiger partial charge is 0.322 e. The molecule has 0 aliphatic carbocycles. The molecule has 2 aliphatic heterocycles. The zero-order valence-corrected chi connectivity index (χ0v) is 14.4. The number of carbonyl (C=O) groups is 1. The van der Waals surface area contributed by atoms with E-state index < -0.39 is 0 Å². The molecule has 1 aromatic rings. The van der Waals surface area contributed by atoms with Gasteiger partial charge >= 0.3 is 6.03 Å². The van der Waals surface area contributed by atoms with Gasteiger partial charge in [0, 0.05) is 24.9 Å². The summed E-state index contributed by atoms with van der Waals surface area (Å²) < 4.78 is 16.7. The van der Waals surface area contributed by atoms with Gasteiger partial charge < -0.3 is 24.4 Å². The number of nitrogens with zero attached hydrogens (tertiary/aromatic N) is 1. The number of hydrogen-bond donors (Lipinski definition) is 1. The maximum atomic E-state index is 12.8. The Kier molecular flexibility index (Phi) is 5.58. The van der Waals surface area contributed by atoms with Crippen LogP contribution in [-0.4, -0.2) is 56.6 Å². The standard InChI is InChI=1S/C18H26N2O4/c1-3-13-6-7-14(11-17(13)22-2)19-18(21)20-8-10-23-12-15(20)16-5-4-9-24-16/h6-7,11,15-16H,3-5,8-10,12H2,1-2H3,(H,19,21)/t15-,16+/m1/s1. The molecule has 0 saturated carbocycles. The van der Waals surface area contributed by atoms with Gasteiger partial charge in [-0.15, -0.1) is 0 Å². The van der Waals surface area contributed by atoms with Crippen molar-refractivity contribution in [3.05, 3.63) is 23.8 Å². The van der Waals surface area contributed by atoms with Crippen LogP contribution in [0.2, 0.25) is 0 Å². The summed E-state index contributed by atoms with van der Waals surface area (Å²) in [5, 5.41) is 2.99. The van der Waals surface area contributed by atoms with E-state index in [9.17, 15) is 4.79 Å². The fourth-order valence-electron chi connectivity index (χ4n) is 3.40. The van der Waals surface area contributed by atoms with Crippen LogP contribution in [0.25, 0.3) is 0 Å². The third-order valence-electron chi connectivity index (χ3n) is 4.74. The zero-order chi connectivity index (χ0) is 16.9. The lowest BCUT2D eigenvalue weighted by Crippen LogP contribution is -2.55. The highest BCUT2D eigenvalue weighted by Crippen LogP contribution is 2.26. The van der Waals surface area contributed by atoms with Gasteiger partial charge in [-0.05, 0) is 30.9 Å². The molecule has 0 bridgehead atoms. The molecule has 6 heteroatoms. The van der Waals surface area contributed by atoms with Crippen molar-refractivity contribution in [3.8, 4) is 5.75 Å². The van der Waals surface area contributed by atoms with E-state index >= 15 is 0 Å². The molecule has 1 N–H and O–H groups in total. The van der Waals surface area contributed by atoms with E-state index in [4.69, 9.17) is 14.2 Å². The zero-order valence-electron chi connectivity index (χ0n) is 14.4. The topological polar surface area (TPSA) is 60.0 Å². The highest BCUT2D eigenvalue weighted by molar-refractivity contribution is 5.90. The van der Waals surface area contributed by atoms with Crippen LogP contribution >= 0.6 is 0 Å². The summed E-state index contributed by atoms with van der Waals surface area (Å²) in [6.07, 6.45) is 3.00. The highest BCUT2D eigenvalue weighted by Gasteiger charge is 2.36. The molecule has 0 spiro atoms. The van der Waals surface area contributed by atoms with Crippen LogP contribution < -0.4 is 10.1 Å². The molecule has 6 nitrogen and oxygen atoms in total. The van der Waals surface area contributed by atoms with Crippen LogP contribution in [0.3, 0.4) is 0 Å². The van der Waals surface area contributed by atoms with E-state index in [1.54, 1.807) is 7.11 Å². The summed E-state index contributed by atoms with van der Waals surface area (Å²) in [6, 6.07) is 5.66. The van der Waals surface area contributed by atoms with E-state index in [2.05, 4.69) is 12.2 Å². The maximum absolute atomic E-state index is 12.8. The lowest BCUT2D eigenvalue weighted by Gasteiger charge is -2.38. The van der Waals surface area contributed by atoms with Gasteiger partial charge in [-0.3, -0.25) is 0 Å². The number of anilines is 1. The number of morpholine rings is 1. The van der Waals surface area contributed by atoms with E-state index in [1.807, 2.05) is 23.1 Å². The molecule has 0 unspecified atom stereocenters. The molecule has 2 aliphatic rings. The monoisotopic (exact) mass is 334 g/mol. The molecule has 2 amide bonds. The number of hydrogen-bond acceptors (Lipinski definition) is 4. The second kappa shape index (κ2) is 7.85. The minimum atomic E-state index is -0.106. The molecular formula is C18H26N2O4. The summed E-state index contributed by atoms with van der Waals surface area (Å²) in [7, 11) is 1.65. The van der Waals surface area contributed by atoms with Gasteiger partial charge in [0.15, 0.2) is 0 Å². The van der Waals surface area contributed by atoms with Crippen LogP contribution in [-0.2, 0) is 15.9 Å². The fourth-order valence-corrected chi connectivity index (χ4v) is 3.40. The number of methoxy groups -OCH3 is 1. The minimum absolute atomic E-state index is 0.0157. The molecule has 2 atom stereocenters. The Hall–Kier alpha value is -1.79. The second-order valence-electron chi connectivity index (χ2n) is 6.20. The molecule has 2 fully saturated rings. The third-order valence-corrected chi connectivity index (χ3v) is 4.74. The molecule has 3 rings (SSSR count). The van der Waals surface area contributed by atoms with Gasteiger partial charge in [-0.1, -0.05) is 13.0 Å². The summed E-state index contributed by atoms with van der Waals surface area (Å²) in [6.45, 7) is 4.54. The molecule has 132 valence electrons. The number of urea groups is 1. The van der Waals surface area contributed by atoms with Crippen LogP contribution in [0, 0.1) is 0 Å². The third kappa shape index (κ3) is 3.65. The summed E-state index contributed by atoms with van der Waals surface area (Å²) in [5.74, 6) is 0.799. The van der Waals surface area contributed by atoms with Crippen LogP contribution in [0.4, 0.5) is 10.5 Å². The first-order valence-corrected chi connectivity index (χ1v) is 8.66. The van der Waals surface area contributed by atoms with Gasteiger partial charge in [-0.25, -0.2) is 4.79 Å². The summed E-state index contributed by atoms with van der Waals surface area (Å²) in [4.78, 5) is 14.6. The Bertz CT molecular complexity index is 572. The van der Waals surface area contributed by atoms with Crippen molar-refractivity contribution >= 4 is 11.7 Å². The summed E-state index contributed by atoms with van der Waals surface area (Å²) in [5.41, 5.74) is 1.87. The average Bonchev–Trinajstić information content (AvgIpc) is 3.16. The molecule has 0 aromatic heterocycles. The number of rotatable bonds is 4. The van der Waals surface area contributed by atoms with Crippen LogP contribution in [0.1, 0.15) is 25.3 Å². The first kappa shape index (κ1) is 17.0.